The highest BCUT2D eigenvalue weighted by atomic mass is 32.2. The molecule has 1 aromatic heterocycles. The maximum atomic E-state index is 11.4. The number of aromatic nitrogens is 1. The molecule has 1 fully saturated rings. The first-order valence-corrected chi connectivity index (χ1v) is 10.2. The monoisotopic (exact) mass is 346 g/mol. The number of nitrogens with two attached hydrogens (primary N) is 1. The van der Waals surface area contributed by atoms with Crippen molar-refractivity contribution in [2.24, 2.45) is 11.1 Å². The Balaban J connectivity index is 1.86. The third-order valence-electron chi connectivity index (χ3n) is 3.83. The van der Waals surface area contributed by atoms with E-state index < -0.39 is 10.2 Å². The van der Waals surface area contributed by atoms with Crippen molar-refractivity contribution in [3.05, 3.63) is 16.1 Å². The van der Waals surface area contributed by atoms with Gasteiger partial charge >= 0.3 is 0 Å². The Hall–Kier alpha value is -0.540. The Morgan fingerprint density at radius 2 is 2.09 bits per heavy atom. The molecule has 2 rings (SSSR count). The predicted octanol–water partition coefficient (Wildman–Crippen LogP) is 1.44. The summed E-state index contributed by atoms with van der Waals surface area (Å²) in [5, 5.41) is 8.53. The zero-order valence-corrected chi connectivity index (χ0v) is 15.0. The Labute approximate surface area is 137 Å². The minimum atomic E-state index is -3.56. The molecule has 22 heavy (non-hydrogen) atoms. The average molecular weight is 347 g/mol. The van der Waals surface area contributed by atoms with Crippen LogP contribution in [0, 0.1) is 5.92 Å². The second-order valence-electron chi connectivity index (χ2n) is 6.24. The maximum Gasteiger partial charge on any atom is 0.276 e. The highest BCUT2D eigenvalue weighted by Gasteiger charge is 2.22. The quantitative estimate of drug-likeness (QED) is 0.845. The lowest BCUT2D eigenvalue weighted by Crippen LogP contribution is -2.39. The molecular weight excluding hydrogens is 320 g/mol. The molecule has 8 heteroatoms. The van der Waals surface area contributed by atoms with Crippen LogP contribution in [0.5, 0.6) is 0 Å². The molecule has 1 aliphatic rings. The second kappa shape index (κ2) is 7.83. The fraction of sp³-hybridized carbons (Fsp3) is 0.786. The first-order valence-electron chi connectivity index (χ1n) is 7.78. The predicted molar refractivity (Wildman–Crippen MR) is 89.8 cm³/mol. The van der Waals surface area contributed by atoms with Crippen molar-refractivity contribution < 1.29 is 8.42 Å². The number of hydrogen-bond acceptors (Lipinski definition) is 5. The molecule has 6 nitrogen and oxygen atoms in total. The molecule has 2 heterocycles. The molecule has 2 N–H and O–H groups in total. The van der Waals surface area contributed by atoms with Gasteiger partial charge in [-0.1, -0.05) is 13.8 Å². The van der Waals surface area contributed by atoms with E-state index in [1.165, 1.54) is 15.7 Å². The molecule has 0 radical (unpaired) electrons. The Morgan fingerprint density at radius 1 is 1.32 bits per heavy atom. The molecular formula is C14H26N4O2S2. The van der Waals surface area contributed by atoms with Crippen molar-refractivity contribution in [3.63, 3.8) is 0 Å². The van der Waals surface area contributed by atoms with E-state index in [1.54, 1.807) is 11.3 Å². The molecule has 0 bridgehead atoms. The van der Waals surface area contributed by atoms with Gasteiger partial charge in [-0.3, -0.25) is 4.90 Å². The Morgan fingerprint density at radius 3 is 2.77 bits per heavy atom. The summed E-state index contributed by atoms with van der Waals surface area (Å²) in [5.41, 5.74) is 1.09. The highest BCUT2D eigenvalue weighted by Crippen LogP contribution is 2.16. The highest BCUT2D eigenvalue weighted by molar-refractivity contribution is 7.86. The SMILES string of the molecule is CC(C)CCc1nc(CN2CCCN(S(N)(=O)=O)CC2)cs1. The van der Waals surface area contributed by atoms with Crippen LogP contribution in [0.3, 0.4) is 0 Å². The van der Waals surface area contributed by atoms with Crippen molar-refractivity contribution in [2.75, 3.05) is 26.2 Å². The minimum absolute atomic E-state index is 0.461. The summed E-state index contributed by atoms with van der Waals surface area (Å²) in [6, 6.07) is 0. The summed E-state index contributed by atoms with van der Waals surface area (Å²) in [4.78, 5) is 6.95. The lowest BCUT2D eigenvalue weighted by molar-refractivity contribution is 0.276. The molecule has 0 unspecified atom stereocenters. The molecule has 126 valence electrons. The van der Waals surface area contributed by atoms with Gasteiger partial charge in [-0.05, 0) is 31.7 Å². The van der Waals surface area contributed by atoms with Crippen LogP contribution in [0.4, 0.5) is 0 Å². The smallest absolute Gasteiger partial charge is 0.276 e. The molecule has 0 amide bonds. The third kappa shape index (κ3) is 5.58. The second-order valence-corrected chi connectivity index (χ2v) is 8.73. The van der Waals surface area contributed by atoms with E-state index in [9.17, 15) is 8.42 Å². The van der Waals surface area contributed by atoms with E-state index in [-0.39, 0.29) is 0 Å². The lowest BCUT2D eigenvalue weighted by atomic mass is 10.1. The van der Waals surface area contributed by atoms with Crippen molar-refractivity contribution in [1.29, 1.82) is 0 Å². The van der Waals surface area contributed by atoms with Crippen LogP contribution in [-0.4, -0.2) is 48.8 Å². The number of rotatable bonds is 6. The van der Waals surface area contributed by atoms with E-state index in [2.05, 4.69) is 24.1 Å². The summed E-state index contributed by atoms with van der Waals surface area (Å²) >= 11 is 1.73. The molecule has 0 atom stereocenters. The Bertz CT molecular complexity index is 571. The topological polar surface area (TPSA) is 79.5 Å². The van der Waals surface area contributed by atoms with Crippen LogP contribution in [0.1, 0.15) is 37.4 Å². The number of thiazole rings is 1. The molecule has 1 aliphatic heterocycles. The number of nitrogens with zero attached hydrogens (tertiary/aromatic N) is 3. The summed E-state index contributed by atoms with van der Waals surface area (Å²) in [6.07, 6.45) is 3.02. The van der Waals surface area contributed by atoms with Crippen LogP contribution in [0.15, 0.2) is 5.38 Å². The van der Waals surface area contributed by atoms with Crippen LogP contribution in [0.25, 0.3) is 0 Å². The van der Waals surface area contributed by atoms with Gasteiger partial charge in [0.05, 0.1) is 10.7 Å². The van der Waals surface area contributed by atoms with Crippen molar-refractivity contribution >= 4 is 21.5 Å². The molecule has 0 aromatic carbocycles. The van der Waals surface area contributed by atoms with E-state index in [4.69, 9.17) is 10.1 Å². The van der Waals surface area contributed by atoms with Gasteiger partial charge in [0, 0.05) is 31.6 Å². The maximum absolute atomic E-state index is 11.4. The summed E-state index contributed by atoms with van der Waals surface area (Å²) in [5.74, 6) is 0.696. The molecule has 1 saturated heterocycles. The summed E-state index contributed by atoms with van der Waals surface area (Å²) in [7, 11) is -3.56. The lowest BCUT2D eigenvalue weighted by Gasteiger charge is -2.19. The number of aryl methyl sites for hydroxylation is 1. The zero-order chi connectivity index (χ0) is 16.2. The van der Waals surface area contributed by atoms with Gasteiger partial charge in [0.15, 0.2) is 0 Å². The molecule has 0 saturated carbocycles. The van der Waals surface area contributed by atoms with E-state index >= 15 is 0 Å². The minimum Gasteiger partial charge on any atom is -0.296 e. The Kier molecular flexibility index (Phi) is 6.34. The largest absolute Gasteiger partial charge is 0.296 e. The zero-order valence-electron chi connectivity index (χ0n) is 13.4. The van der Waals surface area contributed by atoms with E-state index in [0.717, 1.165) is 31.6 Å². The van der Waals surface area contributed by atoms with Crippen LogP contribution < -0.4 is 5.14 Å². The van der Waals surface area contributed by atoms with Gasteiger partial charge in [0.2, 0.25) is 0 Å². The standard InChI is InChI=1S/C14H26N4O2S2/c1-12(2)4-5-14-16-13(11-21-14)10-17-6-3-7-18(9-8-17)22(15,19)20/h11-12H,3-10H2,1-2H3,(H2,15,19,20). The van der Waals surface area contributed by atoms with Gasteiger partial charge in [-0.2, -0.15) is 12.7 Å². The number of hydrogen-bond donors (Lipinski definition) is 1. The first kappa shape index (κ1) is 17.8. The first-order chi connectivity index (χ1) is 10.3. The fourth-order valence-electron chi connectivity index (χ4n) is 2.54. The van der Waals surface area contributed by atoms with Crippen LogP contribution in [0.2, 0.25) is 0 Å². The third-order valence-corrected chi connectivity index (χ3v) is 5.87. The van der Waals surface area contributed by atoms with Gasteiger partial charge in [-0.15, -0.1) is 11.3 Å². The van der Waals surface area contributed by atoms with Gasteiger partial charge in [0.1, 0.15) is 0 Å². The van der Waals surface area contributed by atoms with Gasteiger partial charge in [0.25, 0.3) is 10.2 Å². The van der Waals surface area contributed by atoms with E-state index in [1.807, 2.05) is 0 Å². The normalized spacial score (nSPS) is 18.7. The van der Waals surface area contributed by atoms with Gasteiger partial charge in [-0.25, -0.2) is 10.1 Å². The fourth-order valence-corrected chi connectivity index (χ4v) is 4.06. The van der Waals surface area contributed by atoms with Crippen LogP contribution >= 0.6 is 11.3 Å². The van der Waals surface area contributed by atoms with Crippen molar-refractivity contribution in [3.8, 4) is 0 Å². The van der Waals surface area contributed by atoms with Crippen molar-refractivity contribution in [1.82, 2.24) is 14.2 Å². The van der Waals surface area contributed by atoms with Crippen molar-refractivity contribution in [2.45, 2.75) is 39.7 Å². The molecule has 1 aromatic rings. The summed E-state index contributed by atoms with van der Waals surface area (Å²) < 4.78 is 24.2. The summed E-state index contributed by atoms with van der Waals surface area (Å²) in [6.45, 7) is 7.79. The van der Waals surface area contributed by atoms with Gasteiger partial charge < -0.3 is 0 Å². The van der Waals surface area contributed by atoms with E-state index in [0.29, 0.717) is 25.6 Å². The van der Waals surface area contributed by atoms with Crippen LogP contribution in [-0.2, 0) is 23.2 Å². The molecule has 0 aliphatic carbocycles. The molecule has 0 spiro atoms. The average Bonchev–Trinajstić information content (AvgIpc) is 2.71.